The first-order valence-corrected chi connectivity index (χ1v) is 7.16. The van der Waals surface area contributed by atoms with E-state index in [1.54, 1.807) is 0 Å². The molecule has 0 rings (SSSR count). The van der Waals surface area contributed by atoms with Crippen LogP contribution < -0.4 is 0 Å². The summed E-state index contributed by atoms with van der Waals surface area (Å²) in [5.41, 5.74) is -3.47. The largest absolute Gasteiger partial charge is 2.00 e. The molecule has 0 radical (unpaired) electrons. The van der Waals surface area contributed by atoms with E-state index < -0.39 is 31.1 Å². The Morgan fingerprint density at radius 1 is 0.882 bits per heavy atom. The molecule has 11 heteroatoms. The molecule has 100 valence electrons. The van der Waals surface area contributed by atoms with Gasteiger partial charge in [-0.05, 0) is 12.8 Å². The van der Waals surface area contributed by atoms with Gasteiger partial charge in [0.2, 0.25) is 0 Å². The summed E-state index contributed by atoms with van der Waals surface area (Å²) in [6, 6.07) is 0. The molecular formula is C6H14CaO8S2. The predicted molar refractivity (Wildman–Crippen MR) is 57.7 cm³/mol. The fraction of sp³-hybridized carbons (Fsp3) is 1.00. The van der Waals surface area contributed by atoms with Gasteiger partial charge >= 0.3 is 37.7 Å². The summed E-state index contributed by atoms with van der Waals surface area (Å²) in [6.07, 6.45) is -0.0995. The minimum Gasteiger partial charge on any atom is -0.746 e. The predicted octanol–water partition coefficient (Wildman–Crippen LogP) is -1.86. The average Bonchev–Trinajstić information content (AvgIpc) is 2.13. The van der Waals surface area contributed by atoms with Crippen molar-refractivity contribution < 1.29 is 36.2 Å². The van der Waals surface area contributed by atoms with Crippen molar-refractivity contribution in [2.24, 2.45) is 0 Å². The maximum absolute atomic E-state index is 9.76. The Kier molecular flexibility index (Phi) is 13.4. The number of rotatable bonds is 4. The fourth-order valence-corrected chi connectivity index (χ4v) is 1.22. The van der Waals surface area contributed by atoms with Crippen molar-refractivity contribution in [3.8, 4) is 0 Å². The Morgan fingerprint density at radius 2 is 1.06 bits per heavy atom. The van der Waals surface area contributed by atoms with Crippen molar-refractivity contribution in [2.75, 3.05) is 0 Å². The molecule has 0 spiro atoms. The molecule has 17 heavy (non-hydrogen) atoms. The van der Waals surface area contributed by atoms with Crippen LogP contribution in [-0.2, 0) is 20.2 Å². The zero-order chi connectivity index (χ0) is 13.6. The fourth-order valence-electron chi connectivity index (χ4n) is 0.408. The monoisotopic (exact) mass is 318 g/mol. The summed E-state index contributed by atoms with van der Waals surface area (Å²) in [5.74, 6) is 0. The van der Waals surface area contributed by atoms with E-state index in [2.05, 4.69) is 0 Å². The Labute approximate surface area is 131 Å². The van der Waals surface area contributed by atoms with Crippen molar-refractivity contribution in [2.45, 2.75) is 37.6 Å². The van der Waals surface area contributed by atoms with Crippen LogP contribution in [0.25, 0.3) is 0 Å². The van der Waals surface area contributed by atoms with Gasteiger partial charge in [-0.1, -0.05) is 13.8 Å². The third kappa shape index (κ3) is 13.2. The summed E-state index contributed by atoms with van der Waals surface area (Å²) >= 11 is 0. The number of aliphatic hydroxyl groups is 2. The van der Waals surface area contributed by atoms with E-state index in [1.165, 1.54) is 13.8 Å². The van der Waals surface area contributed by atoms with Crippen LogP contribution in [0, 0.1) is 0 Å². The molecule has 0 aliphatic carbocycles. The van der Waals surface area contributed by atoms with E-state index in [4.69, 9.17) is 10.2 Å². The van der Waals surface area contributed by atoms with Crippen molar-refractivity contribution in [3.05, 3.63) is 0 Å². The first-order valence-electron chi connectivity index (χ1n) is 4.22. The number of aliphatic hydroxyl groups excluding tert-OH is 2. The molecule has 0 aliphatic heterocycles. The van der Waals surface area contributed by atoms with Gasteiger partial charge in [0, 0.05) is 0 Å². The molecule has 0 aliphatic rings. The van der Waals surface area contributed by atoms with Crippen LogP contribution in [0.5, 0.6) is 0 Å². The summed E-state index contributed by atoms with van der Waals surface area (Å²) < 4.78 is 58.5. The van der Waals surface area contributed by atoms with Crippen LogP contribution in [0.15, 0.2) is 0 Å². The minimum absolute atomic E-state index is 0. The van der Waals surface area contributed by atoms with Gasteiger partial charge in [-0.15, -0.1) is 0 Å². The zero-order valence-corrected chi connectivity index (χ0v) is 13.3. The standard InChI is InChI=1S/2C3H8O4S.Ca/c2*1-2-3(4)8(5,6)7;/h2*3-4H,2H2,1H3,(H,5,6,7);/q;;+2/p-2. The Morgan fingerprint density at radius 3 is 1.06 bits per heavy atom. The maximum Gasteiger partial charge on any atom is 2.00 e. The van der Waals surface area contributed by atoms with Gasteiger partial charge in [0.1, 0.15) is 31.1 Å². The van der Waals surface area contributed by atoms with Crippen LogP contribution >= 0.6 is 0 Å². The van der Waals surface area contributed by atoms with E-state index in [0.29, 0.717) is 0 Å². The zero-order valence-electron chi connectivity index (χ0n) is 9.44. The number of hydrogen-bond acceptors (Lipinski definition) is 8. The topological polar surface area (TPSA) is 155 Å². The molecule has 0 amide bonds. The summed E-state index contributed by atoms with van der Waals surface area (Å²) in [5, 5.41) is 16.6. The van der Waals surface area contributed by atoms with Crippen LogP contribution in [-0.4, -0.2) is 84.8 Å². The molecule has 0 heterocycles. The normalized spacial score (nSPS) is 14.9. The van der Waals surface area contributed by atoms with Gasteiger partial charge in [0.25, 0.3) is 0 Å². The Hall–Kier alpha value is 1.000. The van der Waals surface area contributed by atoms with E-state index in [-0.39, 0.29) is 50.6 Å². The van der Waals surface area contributed by atoms with Crippen molar-refractivity contribution in [1.82, 2.24) is 0 Å². The first kappa shape index (κ1) is 23.1. The van der Waals surface area contributed by atoms with Gasteiger partial charge in [0.05, 0.1) is 0 Å². The SMILES string of the molecule is CCC(O)S(=O)(=O)[O-].CCC(O)S(=O)(=O)[O-].[Ca+2]. The molecule has 2 unspecified atom stereocenters. The molecule has 0 aromatic heterocycles. The second-order valence-electron chi connectivity index (χ2n) is 2.71. The molecular weight excluding hydrogens is 304 g/mol. The second kappa shape index (κ2) is 9.87. The molecule has 0 bridgehead atoms. The van der Waals surface area contributed by atoms with E-state index in [1.807, 2.05) is 0 Å². The van der Waals surface area contributed by atoms with Gasteiger partial charge in [0.15, 0.2) is 0 Å². The quantitative estimate of drug-likeness (QED) is 0.451. The smallest absolute Gasteiger partial charge is 0.746 e. The van der Waals surface area contributed by atoms with E-state index in [9.17, 15) is 25.9 Å². The van der Waals surface area contributed by atoms with Gasteiger partial charge in [-0.2, -0.15) is 0 Å². The molecule has 0 saturated heterocycles. The van der Waals surface area contributed by atoms with Crippen LogP contribution in [0.4, 0.5) is 0 Å². The molecule has 2 atom stereocenters. The van der Waals surface area contributed by atoms with Crippen LogP contribution in [0.1, 0.15) is 26.7 Å². The molecule has 2 N–H and O–H groups in total. The molecule has 0 saturated carbocycles. The Bertz CT molecular complexity index is 337. The Balaban J connectivity index is -0.000000218. The minimum atomic E-state index is -4.45. The summed E-state index contributed by atoms with van der Waals surface area (Å²) in [6.45, 7) is 2.83. The first-order chi connectivity index (χ1) is 6.96. The third-order valence-corrected chi connectivity index (χ3v) is 3.36. The molecule has 8 nitrogen and oxygen atoms in total. The van der Waals surface area contributed by atoms with Gasteiger partial charge in [-0.25, -0.2) is 16.8 Å². The number of hydrogen-bond donors (Lipinski definition) is 2. The summed E-state index contributed by atoms with van der Waals surface area (Å²) in [4.78, 5) is 0. The van der Waals surface area contributed by atoms with E-state index >= 15 is 0 Å². The second-order valence-corrected chi connectivity index (χ2v) is 5.77. The summed E-state index contributed by atoms with van der Waals surface area (Å²) in [7, 11) is -8.89. The van der Waals surface area contributed by atoms with Gasteiger partial charge < -0.3 is 19.3 Å². The third-order valence-electron chi connectivity index (χ3n) is 1.36. The van der Waals surface area contributed by atoms with Crippen molar-refractivity contribution >= 4 is 58.0 Å². The van der Waals surface area contributed by atoms with Crippen molar-refractivity contribution in [3.63, 3.8) is 0 Å². The molecule has 0 aromatic rings. The van der Waals surface area contributed by atoms with Crippen LogP contribution in [0.2, 0.25) is 0 Å². The van der Waals surface area contributed by atoms with Crippen LogP contribution in [0.3, 0.4) is 0 Å². The average molecular weight is 318 g/mol. The van der Waals surface area contributed by atoms with Gasteiger partial charge in [-0.3, -0.25) is 0 Å². The molecule has 0 aromatic carbocycles. The molecule has 0 fully saturated rings. The maximum atomic E-state index is 9.76. The van der Waals surface area contributed by atoms with Crippen molar-refractivity contribution in [1.29, 1.82) is 0 Å². The van der Waals surface area contributed by atoms with E-state index in [0.717, 1.165) is 0 Å².